The van der Waals surface area contributed by atoms with Crippen LogP contribution in [0.25, 0.3) is 11.3 Å². The highest BCUT2D eigenvalue weighted by Gasteiger charge is 2.41. The molecule has 1 aliphatic rings. The average Bonchev–Trinajstić information content (AvgIpc) is 3.49. The molecule has 172 valence electrons. The zero-order valence-electron chi connectivity index (χ0n) is 17.9. The Bertz CT molecular complexity index is 935. The summed E-state index contributed by atoms with van der Waals surface area (Å²) in [5.41, 5.74) is 3.10. The second kappa shape index (κ2) is 11.2. The minimum absolute atomic E-state index is 0.279. The zero-order chi connectivity index (χ0) is 23.1. The van der Waals surface area contributed by atoms with Crippen LogP contribution < -0.4 is 10.8 Å². The number of nitrogens with one attached hydrogen (secondary N) is 2. The molecule has 10 heteroatoms. The number of aliphatic hydroxyl groups excluding tert-OH is 1. The van der Waals surface area contributed by atoms with Crippen LogP contribution in [0.2, 0.25) is 0 Å². The number of anilines is 1. The highest BCUT2D eigenvalue weighted by atomic mass is 32.1. The van der Waals surface area contributed by atoms with E-state index in [0.29, 0.717) is 30.9 Å². The van der Waals surface area contributed by atoms with Gasteiger partial charge in [0.1, 0.15) is 12.1 Å². The van der Waals surface area contributed by atoms with Crippen LogP contribution in [0, 0.1) is 5.92 Å². The summed E-state index contributed by atoms with van der Waals surface area (Å²) in [5.74, 6) is -2.87. The van der Waals surface area contributed by atoms with Crippen LogP contribution in [0.1, 0.15) is 39.0 Å². The lowest BCUT2D eigenvalue weighted by Gasteiger charge is -2.29. The lowest BCUT2D eigenvalue weighted by atomic mass is 9.93. The van der Waals surface area contributed by atoms with Crippen molar-refractivity contribution in [2.75, 3.05) is 11.9 Å². The SMILES string of the molecule is CCCCC(C(=O)N1CCCC1C(=O)Nc1nc(-c2ccccc2)cs1)C(O)C(=O)NO. The summed E-state index contributed by atoms with van der Waals surface area (Å²) in [6.45, 7) is 2.30. The fraction of sp³-hybridized carbons (Fsp3) is 0.455. The van der Waals surface area contributed by atoms with E-state index in [-0.39, 0.29) is 12.3 Å². The van der Waals surface area contributed by atoms with E-state index < -0.39 is 29.9 Å². The van der Waals surface area contributed by atoms with Gasteiger partial charge in [0.2, 0.25) is 11.8 Å². The maximum atomic E-state index is 13.2. The number of hydrogen-bond acceptors (Lipinski definition) is 7. The first-order valence-electron chi connectivity index (χ1n) is 10.7. The number of likely N-dealkylation sites (tertiary alicyclic amines) is 1. The van der Waals surface area contributed by atoms with Crippen molar-refractivity contribution in [3.8, 4) is 11.3 Å². The molecule has 4 N–H and O–H groups in total. The van der Waals surface area contributed by atoms with E-state index in [1.54, 1.807) is 0 Å². The summed E-state index contributed by atoms with van der Waals surface area (Å²) in [4.78, 5) is 43.8. The molecule has 3 amide bonds. The molecular formula is C22H28N4O5S. The lowest BCUT2D eigenvalue weighted by Crippen LogP contribution is -2.50. The third-order valence-electron chi connectivity index (χ3n) is 5.59. The number of unbranched alkanes of at least 4 members (excludes halogenated alkanes) is 1. The summed E-state index contributed by atoms with van der Waals surface area (Å²) >= 11 is 1.30. The number of carbonyl (C=O) groups is 3. The first-order valence-corrected chi connectivity index (χ1v) is 11.6. The summed E-state index contributed by atoms with van der Waals surface area (Å²) < 4.78 is 0. The van der Waals surface area contributed by atoms with Crippen molar-refractivity contribution >= 4 is 34.2 Å². The Hall–Kier alpha value is -2.82. The van der Waals surface area contributed by atoms with E-state index in [0.717, 1.165) is 17.7 Å². The molecule has 0 spiro atoms. The predicted octanol–water partition coefficient (Wildman–Crippen LogP) is 2.41. The van der Waals surface area contributed by atoms with E-state index in [9.17, 15) is 19.5 Å². The van der Waals surface area contributed by atoms with Gasteiger partial charge in [-0.3, -0.25) is 19.6 Å². The maximum absolute atomic E-state index is 13.2. The van der Waals surface area contributed by atoms with Gasteiger partial charge in [0.05, 0.1) is 11.6 Å². The molecule has 1 aromatic carbocycles. The Morgan fingerprint density at radius 2 is 2.03 bits per heavy atom. The van der Waals surface area contributed by atoms with Crippen LogP contribution in [0.15, 0.2) is 35.7 Å². The molecule has 1 aliphatic heterocycles. The third kappa shape index (κ3) is 5.50. The molecule has 1 saturated heterocycles. The molecule has 3 unspecified atom stereocenters. The molecule has 9 nitrogen and oxygen atoms in total. The van der Waals surface area contributed by atoms with Crippen molar-refractivity contribution in [3.63, 3.8) is 0 Å². The summed E-state index contributed by atoms with van der Waals surface area (Å²) in [6, 6.07) is 8.90. The highest BCUT2D eigenvalue weighted by Crippen LogP contribution is 2.28. The molecule has 32 heavy (non-hydrogen) atoms. The lowest BCUT2D eigenvalue weighted by molar-refractivity contribution is -0.152. The summed E-state index contributed by atoms with van der Waals surface area (Å²) in [7, 11) is 0. The second-order valence-electron chi connectivity index (χ2n) is 7.75. The summed E-state index contributed by atoms with van der Waals surface area (Å²) in [6.07, 6.45) is 1.11. The van der Waals surface area contributed by atoms with Gasteiger partial charge in [-0.1, -0.05) is 50.1 Å². The minimum atomic E-state index is -1.68. The Labute approximate surface area is 190 Å². The van der Waals surface area contributed by atoms with Gasteiger partial charge >= 0.3 is 0 Å². The van der Waals surface area contributed by atoms with Crippen molar-refractivity contribution in [3.05, 3.63) is 35.7 Å². The fourth-order valence-electron chi connectivity index (χ4n) is 3.87. The standard InChI is InChI=1S/C22H28N4O5S/c1-2-3-10-15(18(27)20(29)25-31)21(30)26-12-7-11-17(26)19(28)24-22-23-16(13-32-22)14-8-5-4-6-9-14/h4-6,8-9,13,15,17-18,27,31H,2-3,7,10-12H2,1H3,(H,25,29)(H,23,24,28). The number of hydrogen-bond donors (Lipinski definition) is 4. The molecule has 1 fully saturated rings. The quantitative estimate of drug-likeness (QED) is 0.336. The number of amides is 3. The zero-order valence-corrected chi connectivity index (χ0v) is 18.7. The van der Waals surface area contributed by atoms with Crippen LogP contribution in [0.3, 0.4) is 0 Å². The van der Waals surface area contributed by atoms with Gasteiger partial charge in [0.15, 0.2) is 5.13 Å². The molecule has 2 heterocycles. The number of aromatic nitrogens is 1. The Balaban J connectivity index is 1.70. The number of thiazole rings is 1. The van der Waals surface area contributed by atoms with Crippen molar-refractivity contribution in [1.82, 2.24) is 15.4 Å². The average molecular weight is 461 g/mol. The van der Waals surface area contributed by atoms with Crippen molar-refractivity contribution in [2.45, 2.75) is 51.2 Å². The Morgan fingerprint density at radius 1 is 1.28 bits per heavy atom. The monoisotopic (exact) mass is 460 g/mol. The maximum Gasteiger partial charge on any atom is 0.272 e. The topological polar surface area (TPSA) is 132 Å². The van der Waals surface area contributed by atoms with E-state index >= 15 is 0 Å². The number of aliphatic hydroxyl groups is 1. The second-order valence-corrected chi connectivity index (χ2v) is 8.61. The Morgan fingerprint density at radius 3 is 2.72 bits per heavy atom. The molecule has 0 bridgehead atoms. The molecule has 3 rings (SSSR count). The third-order valence-corrected chi connectivity index (χ3v) is 6.35. The van der Waals surface area contributed by atoms with E-state index in [2.05, 4.69) is 10.3 Å². The smallest absolute Gasteiger partial charge is 0.272 e. The fourth-order valence-corrected chi connectivity index (χ4v) is 4.59. The van der Waals surface area contributed by atoms with Crippen LogP contribution >= 0.6 is 11.3 Å². The van der Waals surface area contributed by atoms with Crippen LogP contribution in [0.5, 0.6) is 0 Å². The minimum Gasteiger partial charge on any atom is -0.382 e. The normalized spacial score (nSPS) is 17.6. The molecule has 0 radical (unpaired) electrons. The van der Waals surface area contributed by atoms with Gasteiger partial charge in [-0.2, -0.15) is 0 Å². The van der Waals surface area contributed by atoms with E-state index in [4.69, 9.17) is 5.21 Å². The number of benzene rings is 1. The number of carbonyl (C=O) groups excluding carboxylic acids is 3. The first kappa shape index (κ1) is 23.8. The van der Waals surface area contributed by atoms with Gasteiger partial charge in [0, 0.05) is 17.5 Å². The Kier molecular flexibility index (Phi) is 8.32. The predicted molar refractivity (Wildman–Crippen MR) is 120 cm³/mol. The number of nitrogens with zero attached hydrogens (tertiary/aromatic N) is 2. The largest absolute Gasteiger partial charge is 0.382 e. The van der Waals surface area contributed by atoms with Gasteiger partial charge in [-0.05, 0) is 19.3 Å². The van der Waals surface area contributed by atoms with Crippen molar-refractivity contribution in [1.29, 1.82) is 0 Å². The number of hydroxylamine groups is 1. The summed E-state index contributed by atoms with van der Waals surface area (Å²) in [5, 5.41) is 24.2. The molecule has 2 aromatic rings. The van der Waals surface area contributed by atoms with Gasteiger partial charge in [0.25, 0.3) is 5.91 Å². The van der Waals surface area contributed by atoms with Crippen LogP contribution in [-0.2, 0) is 14.4 Å². The van der Waals surface area contributed by atoms with Gasteiger partial charge in [-0.25, -0.2) is 10.5 Å². The van der Waals surface area contributed by atoms with Crippen LogP contribution in [0.4, 0.5) is 5.13 Å². The molecular weight excluding hydrogens is 432 g/mol. The molecule has 0 aliphatic carbocycles. The van der Waals surface area contributed by atoms with E-state index in [1.165, 1.54) is 21.7 Å². The first-order chi connectivity index (χ1) is 15.5. The number of rotatable bonds is 9. The molecule has 0 saturated carbocycles. The van der Waals surface area contributed by atoms with Gasteiger partial charge in [-0.15, -0.1) is 11.3 Å². The molecule has 1 aromatic heterocycles. The molecule has 3 atom stereocenters. The highest BCUT2D eigenvalue weighted by molar-refractivity contribution is 7.14. The van der Waals surface area contributed by atoms with Crippen LogP contribution in [-0.4, -0.2) is 56.6 Å². The van der Waals surface area contributed by atoms with E-state index in [1.807, 2.05) is 42.6 Å². The van der Waals surface area contributed by atoms with Gasteiger partial charge < -0.3 is 15.3 Å². The van der Waals surface area contributed by atoms with Crippen molar-refractivity contribution < 1.29 is 24.7 Å². The van der Waals surface area contributed by atoms with Crippen molar-refractivity contribution in [2.24, 2.45) is 5.92 Å².